The summed E-state index contributed by atoms with van der Waals surface area (Å²) < 4.78 is 47.4. The van der Waals surface area contributed by atoms with E-state index in [4.69, 9.17) is 14.2 Å². The first kappa shape index (κ1) is 19.8. The van der Waals surface area contributed by atoms with Gasteiger partial charge >= 0.3 is 11.9 Å². The number of hydrogen-bond acceptors (Lipinski definition) is 8. The molecule has 0 fully saturated rings. The summed E-state index contributed by atoms with van der Waals surface area (Å²) in [4.78, 5) is 25.6. The Bertz CT molecular complexity index is 1090. The molecule has 0 radical (unpaired) electrons. The van der Waals surface area contributed by atoms with Crippen molar-refractivity contribution in [2.24, 2.45) is 0 Å². The van der Waals surface area contributed by atoms with Crippen LogP contribution in [0.5, 0.6) is 0 Å². The normalized spacial score (nSPS) is 14.9. The van der Waals surface area contributed by atoms with Gasteiger partial charge in [-0.3, -0.25) is 4.55 Å². The van der Waals surface area contributed by atoms with Crippen molar-refractivity contribution in [1.29, 1.82) is 0 Å². The number of nitrogens with zero attached hydrogens (tertiary/aromatic N) is 1. The van der Waals surface area contributed by atoms with Crippen LogP contribution >= 0.6 is 0 Å². The van der Waals surface area contributed by atoms with Gasteiger partial charge < -0.3 is 19.1 Å². The molecule has 10 heteroatoms. The first-order valence-electron chi connectivity index (χ1n) is 8.03. The summed E-state index contributed by atoms with van der Waals surface area (Å²) in [6, 6.07) is 9.14. The van der Waals surface area contributed by atoms with Crippen molar-refractivity contribution in [3.05, 3.63) is 47.7 Å². The van der Waals surface area contributed by atoms with Crippen LogP contribution in [0.15, 0.2) is 52.6 Å². The van der Waals surface area contributed by atoms with Crippen molar-refractivity contribution in [3.8, 4) is 0 Å². The number of carbonyl (C=O) groups excluding carboxylic acids is 2. The molecule has 0 atom stereocenters. The predicted molar refractivity (Wildman–Crippen MR) is 98.1 cm³/mol. The molecule has 2 aromatic carbocycles. The van der Waals surface area contributed by atoms with Crippen LogP contribution in [0.4, 0.5) is 5.69 Å². The fraction of sp³-hybridized carbons (Fsp3) is 0.222. The Morgan fingerprint density at radius 3 is 2.46 bits per heavy atom. The quantitative estimate of drug-likeness (QED) is 0.593. The molecule has 9 nitrogen and oxygen atoms in total. The van der Waals surface area contributed by atoms with Gasteiger partial charge in [-0.2, -0.15) is 8.42 Å². The minimum atomic E-state index is -4.43. The zero-order valence-electron chi connectivity index (χ0n) is 15.0. The molecule has 0 bridgehead atoms. The number of anilines is 1. The molecule has 28 heavy (non-hydrogen) atoms. The van der Waals surface area contributed by atoms with Crippen molar-refractivity contribution in [2.75, 3.05) is 32.5 Å². The second-order valence-corrected chi connectivity index (χ2v) is 7.27. The standard InChI is InChI=1S/C18H17NO8S/c1-25-17(20)14-9-27-10-19(16(14)18(21)26-2)15-5-3-4-11-6-7-12(8-13(11)15)28(22,23)24/h3-8H,9-10H2,1-2H3,(H,22,23,24). The average Bonchev–Trinajstić information content (AvgIpc) is 2.70. The Morgan fingerprint density at radius 1 is 1.11 bits per heavy atom. The molecular formula is C18H17NO8S. The van der Waals surface area contributed by atoms with E-state index in [2.05, 4.69) is 0 Å². The van der Waals surface area contributed by atoms with Gasteiger partial charge in [0.15, 0.2) is 0 Å². The monoisotopic (exact) mass is 407 g/mol. The molecule has 1 aliphatic heterocycles. The van der Waals surface area contributed by atoms with Gasteiger partial charge in [0.1, 0.15) is 12.4 Å². The molecule has 1 N–H and O–H groups in total. The summed E-state index contributed by atoms with van der Waals surface area (Å²) in [6.07, 6.45) is 0. The molecule has 0 spiro atoms. The topological polar surface area (TPSA) is 119 Å². The third-order valence-corrected chi connectivity index (χ3v) is 5.10. The summed E-state index contributed by atoms with van der Waals surface area (Å²) in [7, 11) is -2.07. The molecule has 3 rings (SSSR count). The highest BCUT2D eigenvalue weighted by Gasteiger charge is 2.33. The second-order valence-electron chi connectivity index (χ2n) is 5.85. The number of esters is 2. The van der Waals surface area contributed by atoms with Gasteiger partial charge in [0, 0.05) is 5.39 Å². The highest BCUT2D eigenvalue weighted by atomic mass is 32.2. The van der Waals surface area contributed by atoms with E-state index in [-0.39, 0.29) is 29.5 Å². The summed E-state index contributed by atoms with van der Waals surface area (Å²) in [5.74, 6) is -1.52. The lowest BCUT2D eigenvalue weighted by Gasteiger charge is -2.32. The summed E-state index contributed by atoms with van der Waals surface area (Å²) in [6.45, 7) is -0.227. The summed E-state index contributed by atoms with van der Waals surface area (Å²) in [5, 5.41) is 1.08. The molecule has 0 unspecified atom stereocenters. The van der Waals surface area contributed by atoms with E-state index in [1.165, 1.54) is 37.3 Å². The van der Waals surface area contributed by atoms with E-state index in [1.807, 2.05) is 0 Å². The summed E-state index contributed by atoms with van der Waals surface area (Å²) >= 11 is 0. The zero-order chi connectivity index (χ0) is 20.5. The van der Waals surface area contributed by atoms with Crippen LogP contribution in [-0.2, 0) is 33.9 Å². The molecule has 148 valence electrons. The number of rotatable bonds is 4. The van der Waals surface area contributed by atoms with Gasteiger partial charge in [0.25, 0.3) is 10.1 Å². The molecule has 0 aromatic heterocycles. The van der Waals surface area contributed by atoms with Crippen LogP contribution in [-0.4, -0.2) is 52.5 Å². The van der Waals surface area contributed by atoms with Crippen LogP contribution in [0, 0.1) is 0 Å². The van der Waals surface area contributed by atoms with Crippen molar-refractivity contribution in [2.45, 2.75) is 4.90 Å². The first-order valence-corrected chi connectivity index (χ1v) is 9.47. The molecule has 0 saturated heterocycles. The SMILES string of the molecule is COC(=O)C1=C(C(=O)OC)N(c2cccc3ccc(S(=O)(=O)O)cc23)COC1. The summed E-state index contributed by atoms with van der Waals surface area (Å²) in [5.41, 5.74) is 0.304. The van der Waals surface area contributed by atoms with Crippen molar-refractivity contribution < 1.29 is 36.8 Å². The van der Waals surface area contributed by atoms with Crippen LogP contribution in [0.1, 0.15) is 0 Å². The lowest BCUT2D eigenvalue weighted by atomic mass is 10.1. The Hall–Kier alpha value is -2.95. The van der Waals surface area contributed by atoms with Gasteiger partial charge in [-0.05, 0) is 23.6 Å². The number of fused-ring (bicyclic) bond motifs is 1. The number of ether oxygens (including phenoxy) is 3. The second kappa shape index (κ2) is 7.58. The Balaban J connectivity index is 2.27. The van der Waals surface area contributed by atoms with Gasteiger partial charge in [0.05, 0.1) is 37.0 Å². The average molecular weight is 407 g/mol. The predicted octanol–water partition coefficient (Wildman–Crippen LogP) is 1.48. The van der Waals surface area contributed by atoms with Gasteiger partial charge in [-0.1, -0.05) is 18.2 Å². The largest absolute Gasteiger partial charge is 0.466 e. The minimum Gasteiger partial charge on any atom is -0.466 e. The van der Waals surface area contributed by atoms with Crippen LogP contribution in [0.25, 0.3) is 10.8 Å². The molecule has 0 amide bonds. The Kier molecular flexibility index (Phi) is 5.36. The van der Waals surface area contributed by atoms with Gasteiger partial charge in [-0.25, -0.2) is 9.59 Å². The number of hydrogen-bond donors (Lipinski definition) is 1. The smallest absolute Gasteiger partial charge is 0.355 e. The number of carbonyl (C=O) groups is 2. The molecule has 1 heterocycles. The molecule has 1 aliphatic rings. The Morgan fingerprint density at radius 2 is 1.82 bits per heavy atom. The van der Waals surface area contributed by atoms with Crippen LogP contribution in [0.2, 0.25) is 0 Å². The highest BCUT2D eigenvalue weighted by Crippen LogP contribution is 2.34. The lowest BCUT2D eigenvalue weighted by Crippen LogP contribution is -2.38. The third-order valence-electron chi connectivity index (χ3n) is 4.25. The number of methoxy groups -OCH3 is 2. The molecule has 0 aliphatic carbocycles. The fourth-order valence-electron chi connectivity index (χ4n) is 2.96. The van der Waals surface area contributed by atoms with Crippen LogP contribution < -0.4 is 4.90 Å². The molecular weight excluding hydrogens is 390 g/mol. The maximum atomic E-state index is 12.4. The third kappa shape index (κ3) is 3.57. The van der Waals surface area contributed by atoms with E-state index >= 15 is 0 Å². The number of benzene rings is 2. The maximum absolute atomic E-state index is 12.4. The van der Waals surface area contributed by atoms with E-state index in [9.17, 15) is 22.6 Å². The Labute approximate surface area is 160 Å². The minimum absolute atomic E-state index is 0.0245. The van der Waals surface area contributed by atoms with E-state index in [1.54, 1.807) is 18.2 Å². The van der Waals surface area contributed by atoms with Crippen LogP contribution in [0.3, 0.4) is 0 Å². The molecule has 0 saturated carbocycles. The highest BCUT2D eigenvalue weighted by molar-refractivity contribution is 7.85. The van der Waals surface area contributed by atoms with Crippen molar-refractivity contribution >= 4 is 38.5 Å². The maximum Gasteiger partial charge on any atom is 0.355 e. The van der Waals surface area contributed by atoms with Gasteiger partial charge in [-0.15, -0.1) is 0 Å². The molecule has 2 aromatic rings. The van der Waals surface area contributed by atoms with E-state index in [0.717, 1.165) is 0 Å². The fourth-order valence-corrected chi connectivity index (χ4v) is 3.47. The van der Waals surface area contributed by atoms with Gasteiger partial charge in [0.2, 0.25) is 0 Å². The zero-order valence-corrected chi connectivity index (χ0v) is 15.9. The van der Waals surface area contributed by atoms with E-state index < -0.39 is 22.1 Å². The first-order chi connectivity index (χ1) is 13.3. The van der Waals surface area contributed by atoms with Crippen molar-refractivity contribution in [3.63, 3.8) is 0 Å². The van der Waals surface area contributed by atoms with Crippen molar-refractivity contribution in [1.82, 2.24) is 0 Å². The lowest BCUT2D eigenvalue weighted by molar-refractivity contribution is -0.140. The van der Waals surface area contributed by atoms with E-state index in [0.29, 0.717) is 16.5 Å².